The van der Waals surface area contributed by atoms with Gasteiger partial charge in [0, 0.05) is 18.7 Å². The Balaban J connectivity index is 1.24. The fourth-order valence-electron chi connectivity index (χ4n) is 5.55. The molecule has 42 heavy (non-hydrogen) atoms. The molecule has 2 aliphatic rings. The number of hydrogen-bond acceptors (Lipinski definition) is 4. The minimum atomic E-state index is -1.45. The van der Waals surface area contributed by atoms with Crippen LogP contribution in [0.5, 0.6) is 0 Å². The first-order valence-electron chi connectivity index (χ1n) is 13.6. The first-order valence-corrected chi connectivity index (χ1v) is 14.4. The molecule has 5 rings (SSSR count). The summed E-state index contributed by atoms with van der Waals surface area (Å²) in [5, 5.41) is 17.4. The molecular weight excluding hydrogens is 579 g/mol. The molecule has 4 N–H and O–H groups in total. The number of fused-ring (bicyclic) bond motifs is 2. The lowest BCUT2D eigenvalue weighted by Gasteiger charge is -2.30. The summed E-state index contributed by atoms with van der Waals surface area (Å²) in [6.45, 7) is 2.43. The summed E-state index contributed by atoms with van der Waals surface area (Å²) in [6.07, 6.45) is 1.98. The second-order valence-corrected chi connectivity index (χ2v) is 11.3. The molecule has 3 aromatic rings. The molecular formula is C31H30Cl2N4O5. The number of carboxylic acids is 1. The monoisotopic (exact) mass is 608 g/mol. The van der Waals surface area contributed by atoms with E-state index in [4.69, 9.17) is 23.2 Å². The predicted octanol–water partition coefficient (Wildman–Crippen LogP) is 4.67. The third-order valence-corrected chi connectivity index (χ3v) is 8.38. The number of rotatable bonds is 8. The van der Waals surface area contributed by atoms with E-state index in [1.165, 1.54) is 6.07 Å². The van der Waals surface area contributed by atoms with Crippen molar-refractivity contribution in [1.82, 2.24) is 20.9 Å². The molecule has 0 unspecified atom stereocenters. The molecule has 11 heteroatoms. The zero-order valence-electron chi connectivity index (χ0n) is 22.9. The molecule has 1 aliphatic carbocycles. The summed E-state index contributed by atoms with van der Waals surface area (Å²) in [5.74, 6) is -2.42. The van der Waals surface area contributed by atoms with E-state index in [1.54, 1.807) is 4.90 Å². The van der Waals surface area contributed by atoms with E-state index in [-0.39, 0.29) is 34.1 Å². The minimum absolute atomic E-state index is 0.00768. The van der Waals surface area contributed by atoms with Crippen LogP contribution in [0.2, 0.25) is 10.0 Å². The van der Waals surface area contributed by atoms with Crippen molar-refractivity contribution in [2.24, 2.45) is 0 Å². The lowest BCUT2D eigenvalue weighted by atomic mass is 9.95. The number of aliphatic carboxylic acids is 1. The zero-order chi connectivity index (χ0) is 30.0. The molecule has 0 saturated carbocycles. The molecule has 0 saturated heterocycles. The van der Waals surface area contributed by atoms with Gasteiger partial charge in [-0.2, -0.15) is 0 Å². The Bertz CT molecular complexity index is 1580. The highest BCUT2D eigenvalue weighted by Crippen LogP contribution is 2.35. The van der Waals surface area contributed by atoms with Crippen molar-refractivity contribution in [3.05, 3.63) is 104 Å². The molecule has 0 radical (unpaired) electrons. The van der Waals surface area contributed by atoms with Gasteiger partial charge in [-0.3, -0.25) is 9.59 Å². The Labute approximate surface area is 253 Å². The van der Waals surface area contributed by atoms with Gasteiger partial charge in [-0.15, -0.1) is 0 Å². The smallest absolute Gasteiger partial charge is 0.328 e. The largest absolute Gasteiger partial charge is 0.480 e. The fraction of sp³-hybridized carbons (Fsp3) is 0.290. The molecule has 218 valence electrons. The SMILES string of the molecule is Cc1cccc(CN2CCc3c(cc(Cl)c(C(=O)N[C@@H](CNC(=O)N[C@@H]4CCc5ccccc54)C(=O)O)c3Cl)C2=O)c1. The predicted molar refractivity (Wildman–Crippen MR) is 159 cm³/mol. The van der Waals surface area contributed by atoms with Gasteiger partial charge in [0.1, 0.15) is 6.04 Å². The molecule has 3 aromatic carbocycles. The van der Waals surface area contributed by atoms with Crippen molar-refractivity contribution in [3.8, 4) is 0 Å². The lowest BCUT2D eigenvalue weighted by Crippen LogP contribution is -2.50. The number of nitrogens with one attached hydrogen (secondary N) is 3. The van der Waals surface area contributed by atoms with Gasteiger partial charge in [0.15, 0.2) is 0 Å². The fourth-order valence-corrected chi connectivity index (χ4v) is 6.27. The number of hydrogen-bond donors (Lipinski definition) is 4. The van der Waals surface area contributed by atoms with Crippen LogP contribution in [-0.4, -0.2) is 53.0 Å². The number of urea groups is 1. The van der Waals surface area contributed by atoms with E-state index in [0.29, 0.717) is 30.6 Å². The summed E-state index contributed by atoms with van der Waals surface area (Å²) in [5.41, 5.74) is 4.96. The molecule has 4 amide bonds. The van der Waals surface area contributed by atoms with Gasteiger partial charge in [0.05, 0.1) is 28.2 Å². The van der Waals surface area contributed by atoms with Crippen LogP contribution in [0.25, 0.3) is 0 Å². The van der Waals surface area contributed by atoms with Gasteiger partial charge in [0.25, 0.3) is 11.8 Å². The summed E-state index contributed by atoms with van der Waals surface area (Å²) in [7, 11) is 0. The zero-order valence-corrected chi connectivity index (χ0v) is 24.4. The van der Waals surface area contributed by atoms with Crippen LogP contribution in [0.3, 0.4) is 0 Å². The van der Waals surface area contributed by atoms with Crippen LogP contribution in [0.4, 0.5) is 4.79 Å². The van der Waals surface area contributed by atoms with E-state index >= 15 is 0 Å². The Kier molecular flexibility index (Phi) is 8.70. The topological polar surface area (TPSA) is 128 Å². The van der Waals surface area contributed by atoms with Gasteiger partial charge >= 0.3 is 12.0 Å². The lowest BCUT2D eigenvalue weighted by molar-refractivity contribution is -0.139. The summed E-state index contributed by atoms with van der Waals surface area (Å²) < 4.78 is 0. The maximum atomic E-state index is 13.3. The van der Waals surface area contributed by atoms with Crippen LogP contribution < -0.4 is 16.0 Å². The molecule has 0 bridgehead atoms. The van der Waals surface area contributed by atoms with Crippen molar-refractivity contribution >= 4 is 47.0 Å². The van der Waals surface area contributed by atoms with E-state index in [2.05, 4.69) is 16.0 Å². The van der Waals surface area contributed by atoms with Gasteiger partial charge < -0.3 is 26.0 Å². The average Bonchev–Trinajstić information content (AvgIpc) is 3.35. The molecule has 1 heterocycles. The molecule has 9 nitrogen and oxygen atoms in total. The first-order chi connectivity index (χ1) is 20.1. The highest BCUT2D eigenvalue weighted by Gasteiger charge is 2.32. The Morgan fingerprint density at radius 2 is 1.86 bits per heavy atom. The van der Waals surface area contributed by atoms with Gasteiger partial charge in [0.2, 0.25) is 0 Å². The molecule has 0 spiro atoms. The van der Waals surface area contributed by atoms with Crippen molar-refractivity contribution < 1.29 is 24.3 Å². The van der Waals surface area contributed by atoms with Crippen molar-refractivity contribution in [1.29, 1.82) is 0 Å². The third kappa shape index (κ3) is 6.22. The Morgan fingerprint density at radius 1 is 1.07 bits per heavy atom. The van der Waals surface area contributed by atoms with Crippen LogP contribution in [0.1, 0.15) is 61.0 Å². The van der Waals surface area contributed by atoms with Crippen molar-refractivity contribution in [2.45, 2.75) is 44.8 Å². The number of carbonyl (C=O) groups excluding carboxylic acids is 3. The number of halogens is 2. The summed E-state index contributed by atoms with van der Waals surface area (Å²) >= 11 is 13.0. The van der Waals surface area contributed by atoms with Crippen molar-refractivity contribution in [2.75, 3.05) is 13.1 Å². The minimum Gasteiger partial charge on any atom is -0.480 e. The molecule has 2 atom stereocenters. The summed E-state index contributed by atoms with van der Waals surface area (Å²) in [6, 6.07) is 14.9. The average molecular weight is 610 g/mol. The third-order valence-electron chi connectivity index (χ3n) is 7.66. The van der Waals surface area contributed by atoms with Gasteiger partial charge in [-0.1, -0.05) is 77.3 Å². The van der Waals surface area contributed by atoms with Crippen LogP contribution in [-0.2, 0) is 24.2 Å². The number of aryl methyl sites for hydroxylation is 2. The number of nitrogens with zero attached hydrogens (tertiary/aromatic N) is 1. The van der Waals surface area contributed by atoms with Crippen LogP contribution in [0.15, 0.2) is 54.6 Å². The highest BCUT2D eigenvalue weighted by molar-refractivity contribution is 6.41. The Hall–Kier alpha value is -4.08. The molecule has 0 aromatic heterocycles. The normalized spacial score (nSPS) is 16.3. The van der Waals surface area contributed by atoms with E-state index in [9.17, 15) is 24.3 Å². The van der Waals surface area contributed by atoms with Crippen LogP contribution in [0, 0.1) is 6.92 Å². The van der Waals surface area contributed by atoms with Crippen LogP contribution >= 0.6 is 23.2 Å². The molecule has 0 fully saturated rings. The van der Waals surface area contributed by atoms with Crippen molar-refractivity contribution in [3.63, 3.8) is 0 Å². The van der Waals surface area contributed by atoms with Gasteiger partial charge in [-0.05, 0) is 54.5 Å². The quantitative estimate of drug-likeness (QED) is 0.295. The number of amides is 4. The van der Waals surface area contributed by atoms with Gasteiger partial charge in [-0.25, -0.2) is 9.59 Å². The van der Waals surface area contributed by atoms with E-state index < -0.39 is 23.9 Å². The maximum Gasteiger partial charge on any atom is 0.328 e. The Morgan fingerprint density at radius 3 is 2.62 bits per heavy atom. The second kappa shape index (κ2) is 12.4. The standard InChI is InChI=1S/C31H30Cl2N4O5/c1-17-5-4-6-18(13-17)16-37-12-11-21-22(29(37)39)14-23(32)26(27(21)33)28(38)35-25(30(40)41)15-34-31(42)36-24-10-9-19-7-2-3-8-20(19)24/h2-8,13-14,24-25H,9-12,15-16H2,1H3,(H,35,38)(H,40,41)(H2,34,36,42)/t24-,25+/m1/s1. The van der Waals surface area contributed by atoms with E-state index in [1.807, 2.05) is 55.5 Å². The molecule has 1 aliphatic heterocycles. The highest BCUT2D eigenvalue weighted by atomic mass is 35.5. The summed E-state index contributed by atoms with van der Waals surface area (Å²) in [4.78, 5) is 52.7. The number of carbonyl (C=O) groups is 4. The first kappa shape index (κ1) is 29.4. The maximum absolute atomic E-state index is 13.3. The number of benzene rings is 3. The second-order valence-electron chi connectivity index (χ2n) is 10.5. The van der Waals surface area contributed by atoms with E-state index in [0.717, 1.165) is 35.1 Å². The number of carboxylic acid groups (broad SMARTS) is 1.